The van der Waals surface area contributed by atoms with Crippen LogP contribution in [0, 0.1) is 0 Å². The van der Waals surface area contributed by atoms with Crippen molar-refractivity contribution in [3.05, 3.63) is 18.5 Å². The van der Waals surface area contributed by atoms with Gasteiger partial charge in [-0.2, -0.15) is 5.10 Å². The number of amides is 2. The van der Waals surface area contributed by atoms with Crippen LogP contribution < -0.4 is 10.6 Å². The molecule has 0 spiro atoms. The fraction of sp³-hybridized carbons (Fsp3) is 0.583. The monoisotopic (exact) mass is 282 g/mol. The fourth-order valence-electron chi connectivity index (χ4n) is 2.09. The molecule has 1 aliphatic rings. The van der Waals surface area contributed by atoms with Gasteiger partial charge in [-0.05, 0) is 6.07 Å². The summed E-state index contributed by atoms with van der Waals surface area (Å²) in [6.07, 6.45) is 3.99. The predicted octanol–water partition coefficient (Wildman–Crippen LogP) is -0.184. The van der Waals surface area contributed by atoms with E-state index >= 15 is 0 Å². The number of nitrogens with zero attached hydrogens (tertiary/aromatic N) is 2. The predicted molar refractivity (Wildman–Crippen MR) is 69.2 cm³/mol. The zero-order valence-corrected chi connectivity index (χ0v) is 11.0. The average Bonchev–Trinajstić information content (AvgIpc) is 2.93. The first-order valence-electron chi connectivity index (χ1n) is 6.47. The number of hydrogen-bond acceptors (Lipinski definition) is 4. The summed E-state index contributed by atoms with van der Waals surface area (Å²) in [5, 5.41) is 18.5. The molecule has 2 heterocycles. The fourth-order valence-corrected chi connectivity index (χ4v) is 2.09. The van der Waals surface area contributed by atoms with Gasteiger partial charge in [-0.3, -0.25) is 4.68 Å². The topological polar surface area (TPSA) is 105 Å². The van der Waals surface area contributed by atoms with Gasteiger partial charge in [0.25, 0.3) is 0 Å². The van der Waals surface area contributed by atoms with Crippen LogP contribution in [0.3, 0.4) is 0 Å². The van der Waals surface area contributed by atoms with Crippen molar-refractivity contribution in [1.82, 2.24) is 20.4 Å². The number of nitrogens with one attached hydrogen (secondary N) is 2. The van der Waals surface area contributed by atoms with Crippen molar-refractivity contribution in [3.8, 4) is 0 Å². The Kier molecular flexibility index (Phi) is 4.57. The van der Waals surface area contributed by atoms with Gasteiger partial charge in [0.1, 0.15) is 5.54 Å². The van der Waals surface area contributed by atoms with Gasteiger partial charge in [-0.1, -0.05) is 0 Å². The van der Waals surface area contributed by atoms with E-state index in [1.54, 1.807) is 23.1 Å². The Morgan fingerprint density at radius 2 is 2.15 bits per heavy atom. The average molecular weight is 282 g/mol. The first-order chi connectivity index (χ1) is 9.62. The third-order valence-corrected chi connectivity index (χ3v) is 3.29. The molecule has 0 saturated carbocycles. The maximum Gasteiger partial charge on any atom is 0.329 e. The molecule has 0 aromatic carbocycles. The summed E-state index contributed by atoms with van der Waals surface area (Å²) < 4.78 is 6.82. The maximum atomic E-state index is 11.8. The van der Waals surface area contributed by atoms with Crippen LogP contribution in [-0.2, 0) is 16.1 Å². The van der Waals surface area contributed by atoms with Crippen molar-refractivity contribution in [3.63, 3.8) is 0 Å². The molecule has 8 heteroatoms. The molecular weight excluding hydrogens is 264 g/mol. The van der Waals surface area contributed by atoms with Gasteiger partial charge in [0.05, 0.1) is 6.54 Å². The second-order valence-electron chi connectivity index (χ2n) is 4.65. The highest BCUT2D eigenvalue weighted by atomic mass is 16.5. The second kappa shape index (κ2) is 6.38. The Bertz CT molecular complexity index is 454. The minimum absolute atomic E-state index is 0.273. The Balaban J connectivity index is 1.81. The molecule has 8 nitrogen and oxygen atoms in total. The van der Waals surface area contributed by atoms with E-state index in [9.17, 15) is 14.7 Å². The number of carbonyl (C=O) groups excluding carboxylic acids is 1. The van der Waals surface area contributed by atoms with Crippen molar-refractivity contribution in [2.45, 2.75) is 24.9 Å². The Labute approximate surface area is 116 Å². The van der Waals surface area contributed by atoms with Crippen LogP contribution in [0.1, 0.15) is 12.8 Å². The molecule has 0 unspecified atom stereocenters. The van der Waals surface area contributed by atoms with E-state index in [-0.39, 0.29) is 12.8 Å². The molecule has 0 aliphatic carbocycles. The smallest absolute Gasteiger partial charge is 0.329 e. The lowest BCUT2D eigenvalue weighted by molar-refractivity contribution is -0.148. The molecule has 1 aromatic heterocycles. The first kappa shape index (κ1) is 14.3. The summed E-state index contributed by atoms with van der Waals surface area (Å²) in [6.45, 7) is 1.57. The van der Waals surface area contributed by atoms with Crippen molar-refractivity contribution in [2.75, 3.05) is 19.8 Å². The van der Waals surface area contributed by atoms with Crippen LogP contribution >= 0.6 is 0 Å². The summed E-state index contributed by atoms with van der Waals surface area (Å²) in [4.78, 5) is 23.2. The molecule has 3 N–H and O–H groups in total. The molecular formula is C12H18N4O4. The van der Waals surface area contributed by atoms with Crippen LogP contribution in [0.5, 0.6) is 0 Å². The standard InChI is InChI=1S/C12H18N4O4/c17-10(18)12(2-8-20-9-3-12)15-11(19)13-5-7-16-6-1-4-14-16/h1,4,6H,2-3,5,7-9H2,(H,17,18)(H2,13,15,19). The number of aromatic nitrogens is 2. The number of carboxylic acid groups (broad SMARTS) is 1. The van der Waals surface area contributed by atoms with Gasteiger partial charge in [0, 0.05) is 45.0 Å². The SMILES string of the molecule is O=C(NCCn1cccn1)NC1(C(=O)O)CCOCC1. The molecule has 1 fully saturated rings. The lowest BCUT2D eigenvalue weighted by atomic mass is 9.90. The van der Waals surface area contributed by atoms with E-state index in [1.165, 1.54) is 0 Å². The van der Waals surface area contributed by atoms with Gasteiger partial charge in [-0.15, -0.1) is 0 Å². The zero-order valence-electron chi connectivity index (χ0n) is 11.0. The van der Waals surface area contributed by atoms with Gasteiger partial charge in [0.15, 0.2) is 0 Å². The van der Waals surface area contributed by atoms with Crippen molar-refractivity contribution in [1.29, 1.82) is 0 Å². The Morgan fingerprint density at radius 1 is 1.40 bits per heavy atom. The summed E-state index contributed by atoms with van der Waals surface area (Å²) in [7, 11) is 0. The number of carboxylic acids is 1. The summed E-state index contributed by atoms with van der Waals surface area (Å²) in [5.41, 5.74) is -1.23. The number of urea groups is 1. The van der Waals surface area contributed by atoms with Gasteiger partial charge in [0.2, 0.25) is 0 Å². The van der Waals surface area contributed by atoms with Crippen molar-refractivity contribution < 1.29 is 19.4 Å². The molecule has 110 valence electrons. The van der Waals surface area contributed by atoms with Crippen LogP contribution in [0.4, 0.5) is 4.79 Å². The molecule has 2 rings (SSSR count). The van der Waals surface area contributed by atoms with Gasteiger partial charge >= 0.3 is 12.0 Å². The normalized spacial score (nSPS) is 17.4. The molecule has 0 radical (unpaired) electrons. The van der Waals surface area contributed by atoms with Crippen LogP contribution in [0.15, 0.2) is 18.5 Å². The van der Waals surface area contributed by atoms with Crippen molar-refractivity contribution >= 4 is 12.0 Å². The molecule has 20 heavy (non-hydrogen) atoms. The number of aliphatic carboxylic acids is 1. The summed E-state index contributed by atoms with van der Waals surface area (Å²) in [6, 6.07) is 1.31. The van der Waals surface area contributed by atoms with E-state index in [4.69, 9.17) is 4.74 Å². The number of rotatable bonds is 5. The Morgan fingerprint density at radius 3 is 2.75 bits per heavy atom. The first-order valence-corrected chi connectivity index (χ1v) is 6.47. The van der Waals surface area contributed by atoms with Gasteiger partial charge < -0.3 is 20.5 Å². The van der Waals surface area contributed by atoms with Crippen LogP contribution in [0.25, 0.3) is 0 Å². The van der Waals surface area contributed by atoms with Crippen LogP contribution in [0.2, 0.25) is 0 Å². The Hall–Kier alpha value is -2.09. The third kappa shape index (κ3) is 3.47. The molecule has 0 atom stereocenters. The molecule has 1 aliphatic heterocycles. The third-order valence-electron chi connectivity index (χ3n) is 3.29. The highest BCUT2D eigenvalue weighted by Crippen LogP contribution is 2.20. The largest absolute Gasteiger partial charge is 0.480 e. The van der Waals surface area contributed by atoms with E-state index in [0.717, 1.165) is 0 Å². The molecule has 2 amide bonds. The van der Waals surface area contributed by atoms with E-state index in [1.807, 2.05) is 0 Å². The number of ether oxygens (including phenoxy) is 1. The highest BCUT2D eigenvalue weighted by molar-refractivity contribution is 5.86. The molecule has 1 aromatic rings. The number of hydrogen-bond donors (Lipinski definition) is 3. The highest BCUT2D eigenvalue weighted by Gasteiger charge is 2.41. The summed E-state index contributed by atoms with van der Waals surface area (Å²) in [5.74, 6) is -1.02. The van der Waals surface area contributed by atoms with Crippen LogP contribution in [-0.4, -0.2) is 52.2 Å². The lowest BCUT2D eigenvalue weighted by Gasteiger charge is -2.33. The number of carbonyl (C=O) groups is 2. The van der Waals surface area contributed by atoms with E-state index in [0.29, 0.717) is 26.3 Å². The van der Waals surface area contributed by atoms with Crippen molar-refractivity contribution in [2.24, 2.45) is 0 Å². The molecule has 0 bridgehead atoms. The minimum atomic E-state index is -1.23. The van der Waals surface area contributed by atoms with E-state index in [2.05, 4.69) is 15.7 Å². The second-order valence-corrected chi connectivity index (χ2v) is 4.65. The maximum absolute atomic E-state index is 11.8. The zero-order chi connectivity index (χ0) is 14.4. The van der Waals surface area contributed by atoms with Gasteiger partial charge in [-0.25, -0.2) is 9.59 Å². The molecule has 1 saturated heterocycles. The summed E-state index contributed by atoms with van der Waals surface area (Å²) >= 11 is 0. The minimum Gasteiger partial charge on any atom is -0.480 e. The quantitative estimate of drug-likeness (QED) is 0.694. The lowest BCUT2D eigenvalue weighted by Crippen LogP contribution is -2.59. The van der Waals surface area contributed by atoms with E-state index < -0.39 is 17.5 Å².